The molecule has 0 aromatic heterocycles. The molecule has 0 aliphatic carbocycles. The van der Waals surface area contributed by atoms with Crippen molar-refractivity contribution in [3.8, 4) is 12.3 Å². The van der Waals surface area contributed by atoms with E-state index in [-0.39, 0.29) is 12.5 Å². The number of rotatable bonds is 5. The highest BCUT2D eigenvalue weighted by atomic mass is 16.2. The molecule has 0 fully saturated rings. The summed E-state index contributed by atoms with van der Waals surface area (Å²) in [5, 5.41) is 2.66. The molecule has 0 saturated heterocycles. The van der Waals surface area contributed by atoms with Gasteiger partial charge >= 0.3 is 0 Å². The highest BCUT2D eigenvalue weighted by Crippen LogP contribution is 2.14. The fourth-order valence-corrected chi connectivity index (χ4v) is 1.52. The second kappa shape index (κ2) is 6.59. The zero-order chi connectivity index (χ0) is 12.7. The second-order valence-electron chi connectivity index (χ2n) is 3.83. The summed E-state index contributed by atoms with van der Waals surface area (Å²) in [6.45, 7) is 5.46. The van der Waals surface area contributed by atoms with Gasteiger partial charge in [-0.15, -0.1) is 6.42 Å². The van der Waals surface area contributed by atoms with Crippen LogP contribution in [0.3, 0.4) is 0 Å². The fraction of sp³-hybridized carbons (Fsp3) is 0.357. The fourth-order valence-electron chi connectivity index (χ4n) is 1.52. The molecule has 1 N–H and O–H groups in total. The average molecular weight is 230 g/mol. The summed E-state index contributed by atoms with van der Waals surface area (Å²) in [7, 11) is 0. The van der Waals surface area contributed by atoms with Crippen molar-refractivity contribution in [2.24, 2.45) is 0 Å². The van der Waals surface area contributed by atoms with Crippen LogP contribution in [0, 0.1) is 19.3 Å². The summed E-state index contributed by atoms with van der Waals surface area (Å²) in [4.78, 5) is 13.6. The molecule has 17 heavy (non-hydrogen) atoms. The summed E-state index contributed by atoms with van der Waals surface area (Å²) in [5.41, 5.74) is 2.26. The van der Waals surface area contributed by atoms with E-state index >= 15 is 0 Å². The number of nitrogens with one attached hydrogen (secondary N) is 1. The van der Waals surface area contributed by atoms with Crippen LogP contribution in [0.1, 0.15) is 12.5 Å². The van der Waals surface area contributed by atoms with Gasteiger partial charge in [0.05, 0.1) is 13.1 Å². The number of terminal acetylenes is 1. The van der Waals surface area contributed by atoms with Crippen molar-refractivity contribution >= 4 is 11.6 Å². The van der Waals surface area contributed by atoms with Crippen LogP contribution in [0.15, 0.2) is 24.3 Å². The van der Waals surface area contributed by atoms with Crippen LogP contribution in [0.25, 0.3) is 0 Å². The van der Waals surface area contributed by atoms with E-state index in [1.807, 2.05) is 43.0 Å². The monoisotopic (exact) mass is 230 g/mol. The first-order chi connectivity index (χ1) is 8.17. The molecule has 90 valence electrons. The van der Waals surface area contributed by atoms with E-state index in [9.17, 15) is 4.79 Å². The van der Waals surface area contributed by atoms with Gasteiger partial charge in [-0.05, 0) is 26.0 Å². The minimum Gasteiger partial charge on any atom is -0.363 e. The van der Waals surface area contributed by atoms with Gasteiger partial charge in [-0.3, -0.25) is 4.79 Å². The maximum absolute atomic E-state index is 11.6. The van der Waals surface area contributed by atoms with Gasteiger partial charge in [0.2, 0.25) is 5.91 Å². The lowest BCUT2D eigenvalue weighted by Gasteiger charge is -2.22. The Labute approximate surface area is 103 Å². The Morgan fingerprint density at radius 2 is 2.06 bits per heavy atom. The first-order valence-electron chi connectivity index (χ1n) is 5.69. The minimum absolute atomic E-state index is 0.0506. The largest absolute Gasteiger partial charge is 0.363 e. The van der Waals surface area contributed by atoms with Crippen LogP contribution in [-0.2, 0) is 4.79 Å². The molecular weight excluding hydrogens is 212 g/mol. The van der Waals surface area contributed by atoms with Crippen LogP contribution in [0.5, 0.6) is 0 Å². The number of amides is 1. The van der Waals surface area contributed by atoms with E-state index in [1.54, 1.807) is 0 Å². The summed E-state index contributed by atoms with van der Waals surface area (Å²) in [5.74, 6) is 2.34. The third kappa shape index (κ3) is 4.20. The lowest BCUT2D eigenvalue weighted by Crippen LogP contribution is -2.37. The van der Waals surface area contributed by atoms with Crippen molar-refractivity contribution in [3.05, 3.63) is 29.8 Å². The molecule has 3 heteroatoms. The molecule has 0 aliphatic rings. The molecule has 0 heterocycles. The molecular formula is C14H18N2O. The van der Waals surface area contributed by atoms with Gasteiger partial charge in [-0.1, -0.05) is 23.6 Å². The van der Waals surface area contributed by atoms with E-state index < -0.39 is 0 Å². The summed E-state index contributed by atoms with van der Waals surface area (Å²) in [6.07, 6.45) is 5.09. The quantitative estimate of drug-likeness (QED) is 0.779. The van der Waals surface area contributed by atoms with Crippen molar-refractivity contribution in [2.45, 2.75) is 13.8 Å². The number of anilines is 1. The van der Waals surface area contributed by atoms with Gasteiger partial charge in [0.15, 0.2) is 0 Å². The molecule has 1 rings (SSSR count). The van der Waals surface area contributed by atoms with Crippen LogP contribution in [-0.4, -0.2) is 25.5 Å². The van der Waals surface area contributed by atoms with Crippen molar-refractivity contribution in [1.29, 1.82) is 0 Å². The highest BCUT2D eigenvalue weighted by Gasteiger charge is 2.08. The molecule has 1 aromatic carbocycles. The third-order valence-electron chi connectivity index (χ3n) is 2.50. The van der Waals surface area contributed by atoms with E-state index in [1.165, 1.54) is 5.56 Å². The van der Waals surface area contributed by atoms with E-state index in [0.29, 0.717) is 6.54 Å². The van der Waals surface area contributed by atoms with Gasteiger partial charge in [0.1, 0.15) is 0 Å². The molecule has 0 radical (unpaired) electrons. The Kier molecular flexibility index (Phi) is 5.09. The van der Waals surface area contributed by atoms with Crippen molar-refractivity contribution in [3.63, 3.8) is 0 Å². The van der Waals surface area contributed by atoms with Crippen LogP contribution < -0.4 is 10.2 Å². The number of hydrogen-bond donors (Lipinski definition) is 1. The standard InChI is InChI=1S/C14H18N2O/c1-4-10-15-14(17)11-16(5-2)13-8-6-12(3)7-9-13/h1,6-9H,5,10-11H2,2-3H3,(H,15,17). The molecule has 0 saturated carbocycles. The summed E-state index contributed by atoms with van der Waals surface area (Å²) in [6, 6.07) is 8.12. The topological polar surface area (TPSA) is 32.3 Å². The number of nitrogens with zero attached hydrogens (tertiary/aromatic N) is 1. The summed E-state index contributed by atoms with van der Waals surface area (Å²) >= 11 is 0. The third-order valence-corrected chi connectivity index (χ3v) is 2.50. The van der Waals surface area contributed by atoms with E-state index in [4.69, 9.17) is 6.42 Å². The normalized spacial score (nSPS) is 9.47. The average Bonchev–Trinajstić information content (AvgIpc) is 2.34. The SMILES string of the molecule is C#CCNC(=O)CN(CC)c1ccc(C)cc1. The van der Waals surface area contributed by atoms with Gasteiger partial charge in [-0.2, -0.15) is 0 Å². The second-order valence-corrected chi connectivity index (χ2v) is 3.83. The molecule has 3 nitrogen and oxygen atoms in total. The molecule has 0 bridgehead atoms. The molecule has 0 aliphatic heterocycles. The lowest BCUT2D eigenvalue weighted by molar-refractivity contribution is -0.119. The molecule has 0 unspecified atom stereocenters. The Balaban J connectivity index is 2.63. The Hall–Kier alpha value is -1.95. The Morgan fingerprint density at radius 3 is 2.59 bits per heavy atom. The molecule has 1 aromatic rings. The van der Waals surface area contributed by atoms with Gasteiger partial charge < -0.3 is 10.2 Å². The Morgan fingerprint density at radius 1 is 1.41 bits per heavy atom. The van der Waals surface area contributed by atoms with Crippen LogP contribution >= 0.6 is 0 Å². The summed E-state index contributed by atoms with van der Waals surface area (Å²) < 4.78 is 0. The number of hydrogen-bond acceptors (Lipinski definition) is 2. The molecule has 0 atom stereocenters. The predicted octanol–water partition coefficient (Wildman–Crippen LogP) is 1.57. The predicted molar refractivity (Wildman–Crippen MR) is 70.9 cm³/mol. The number of benzene rings is 1. The van der Waals surface area contributed by atoms with Gasteiger partial charge in [-0.25, -0.2) is 0 Å². The highest BCUT2D eigenvalue weighted by molar-refractivity contribution is 5.81. The first-order valence-corrected chi connectivity index (χ1v) is 5.69. The van der Waals surface area contributed by atoms with Crippen LogP contribution in [0.2, 0.25) is 0 Å². The first kappa shape index (κ1) is 13.1. The van der Waals surface area contributed by atoms with Crippen molar-refractivity contribution in [2.75, 3.05) is 24.5 Å². The zero-order valence-electron chi connectivity index (χ0n) is 10.4. The lowest BCUT2D eigenvalue weighted by atomic mass is 10.2. The number of aryl methyl sites for hydroxylation is 1. The van der Waals surface area contributed by atoms with Gasteiger partial charge in [0, 0.05) is 12.2 Å². The smallest absolute Gasteiger partial charge is 0.240 e. The van der Waals surface area contributed by atoms with Crippen LogP contribution in [0.4, 0.5) is 5.69 Å². The zero-order valence-corrected chi connectivity index (χ0v) is 10.4. The molecule has 0 spiro atoms. The maximum atomic E-state index is 11.6. The molecule has 1 amide bonds. The van der Waals surface area contributed by atoms with Crippen molar-refractivity contribution in [1.82, 2.24) is 5.32 Å². The van der Waals surface area contributed by atoms with Gasteiger partial charge in [0.25, 0.3) is 0 Å². The number of carbonyl (C=O) groups is 1. The van der Waals surface area contributed by atoms with E-state index in [0.717, 1.165) is 12.2 Å². The number of carbonyl (C=O) groups excluding carboxylic acids is 1. The van der Waals surface area contributed by atoms with Crippen molar-refractivity contribution < 1.29 is 4.79 Å². The minimum atomic E-state index is -0.0506. The maximum Gasteiger partial charge on any atom is 0.240 e. The Bertz CT molecular complexity index is 403. The van der Waals surface area contributed by atoms with E-state index in [2.05, 4.69) is 11.2 Å². The number of likely N-dealkylation sites (N-methyl/N-ethyl adjacent to an activating group) is 1.